The number of nitrogens with one attached hydrogen (secondary N) is 1. The van der Waals surface area contributed by atoms with Gasteiger partial charge in [0.15, 0.2) is 0 Å². The second-order valence-electron chi connectivity index (χ2n) is 3.93. The molecule has 0 radical (unpaired) electrons. The number of carbonyl (C=O) groups is 1. The van der Waals surface area contributed by atoms with Crippen molar-refractivity contribution in [1.82, 2.24) is 0 Å². The van der Waals surface area contributed by atoms with Gasteiger partial charge in [-0.3, -0.25) is 4.79 Å². The van der Waals surface area contributed by atoms with Crippen LogP contribution in [0.25, 0.3) is 0 Å². The molecule has 0 aliphatic heterocycles. The van der Waals surface area contributed by atoms with Crippen LogP contribution in [0.5, 0.6) is 0 Å². The van der Waals surface area contributed by atoms with Gasteiger partial charge in [0, 0.05) is 14.9 Å². The van der Waals surface area contributed by atoms with Gasteiger partial charge in [-0.05, 0) is 46.5 Å². The number of hydrogen-bond acceptors (Lipinski definition) is 1. The van der Waals surface area contributed by atoms with Crippen LogP contribution in [-0.4, -0.2) is 5.91 Å². The summed E-state index contributed by atoms with van der Waals surface area (Å²) in [4.78, 5) is 11.7. The van der Waals surface area contributed by atoms with E-state index >= 15 is 0 Å². The highest BCUT2D eigenvalue weighted by molar-refractivity contribution is 9.11. The van der Waals surface area contributed by atoms with Crippen molar-refractivity contribution < 1.29 is 4.79 Å². The predicted molar refractivity (Wildman–Crippen MR) is 67.7 cm³/mol. The van der Waals surface area contributed by atoms with Crippen LogP contribution in [0.15, 0.2) is 27.1 Å². The molecule has 1 aliphatic carbocycles. The van der Waals surface area contributed by atoms with Crippen molar-refractivity contribution in [3.05, 3.63) is 27.1 Å². The summed E-state index contributed by atoms with van der Waals surface area (Å²) in [5, 5.41) is 2.93. The summed E-state index contributed by atoms with van der Waals surface area (Å²) in [7, 11) is 0. The molecule has 15 heavy (non-hydrogen) atoms. The van der Waals surface area contributed by atoms with E-state index in [2.05, 4.69) is 44.1 Å². The molecule has 80 valence electrons. The van der Waals surface area contributed by atoms with E-state index < -0.39 is 0 Å². The summed E-state index contributed by atoms with van der Waals surface area (Å²) < 4.78 is 1.87. The zero-order chi connectivity index (χ0) is 11.0. The molecule has 2 atom stereocenters. The Hall–Kier alpha value is -0.350. The molecule has 0 aromatic heterocycles. The van der Waals surface area contributed by atoms with Crippen LogP contribution in [-0.2, 0) is 4.79 Å². The molecule has 2 rings (SSSR count). The molecule has 1 aromatic carbocycles. The normalized spacial score (nSPS) is 23.7. The first-order chi connectivity index (χ1) is 7.08. The monoisotopic (exact) mass is 331 g/mol. The molecule has 1 N–H and O–H groups in total. The van der Waals surface area contributed by atoms with Gasteiger partial charge in [-0.1, -0.05) is 22.9 Å². The summed E-state index contributed by atoms with van der Waals surface area (Å²) in [5.41, 5.74) is 0.827. The molecule has 1 amide bonds. The van der Waals surface area contributed by atoms with Crippen LogP contribution in [0.2, 0.25) is 0 Å². The Morgan fingerprint density at radius 2 is 2.13 bits per heavy atom. The highest BCUT2D eigenvalue weighted by Gasteiger charge is 2.39. The first-order valence-corrected chi connectivity index (χ1v) is 6.42. The Morgan fingerprint density at radius 3 is 2.73 bits per heavy atom. The van der Waals surface area contributed by atoms with Crippen molar-refractivity contribution in [2.75, 3.05) is 5.32 Å². The zero-order valence-corrected chi connectivity index (χ0v) is 11.4. The van der Waals surface area contributed by atoms with Crippen LogP contribution >= 0.6 is 31.9 Å². The van der Waals surface area contributed by atoms with E-state index in [0.717, 1.165) is 21.1 Å². The summed E-state index contributed by atoms with van der Waals surface area (Å²) in [5.74, 6) is 0.869. The standard InChI is InChI=1S/C11H11Br2NO/c1-6-4-8(6)11(15)14-10-5-7(12)2-3-9(10)13/h2-3,5-6,8H,4H2,1H3,(H,14,15). The van der Waals surface area contributed by atoms with Gasteiger partial charge in [0.1, 0.15) is 0 Å². The molecule has 2 unspecified atom stereocenters. The molecule has 0 bridgehead atoms. The highest BCUT2D eigenvalue weighted by atomic mass is 79.9. The van der Waals surface area contributed by atoms with Gasteiger partial charge >= 0.3 is 0 Å². The van der Waals surface area contributed by atoms with E-state index in [1.54, 1.807) is 0 Å². The molecule has 2 nitrogen and oxygen atoms in total. The molecular weight excluding hydrogens is 322 g/mol. The van der Waals surface area contributed by atoms with Crippen molar-refractivity contribution in [1.29, 1.82) is 0 Å². The average molecular weight is 333 g/mol. The number of amides is 1. The third-order valence-electron chi connectivity index (χ3n) is 2.63. The minimum Gasteiger partial charge on any atom is -0.325 e. The Kier molecular flexibility index (Phi) is 3.16. The Labute approximate surface area is 106 Å². The predicted octanol–water partition coefficient (Wildman–Crippen LogP) is 3.81. The molecule has 0 heterocycles. The fourth-order valence-electron chi connectivity index (χ4n) is 1.51. The maximum atomic E-state index is 11.7. The first kappa shape index (κ1) is 11.1. The quantitative estimate of drug-likeness (QED) is 0.876. The second kappa shape index (κ2) is 4.26. The molecule has 0 saturated heterocycles. The zero-order valence-electron chi connectivity index (χ0n) is 8.26. The molecule has 1 saturated carbocycles. The van der Waals surface area contributed by atoms with E-state index in [-0.39, 0.29) is 11.8 Å². The third-order valence-corrected chi connectivity index (χ3v) is 3.82. The van der Waals surface area contributed by atoms with Gasteiger partial charge in [0.05, 0.1) is 5.69 Å². The summed E-state index contributed by atoms with van der Waals surface area (Å²) in [6.07, 6.45) is 1.01. The minimum absolute atomic E-state index is 0.126. The molecule has 0 spiro atoms. The number of halogens is 2. The van der Waals surface area contributed by atoms with Crippen molar-refractivity contribution in [3.63, 3.8) is 0 Å². The second-order valence-corrected chi connectivity index (χ2v) is 5.70. The highest BCUT2D eigenvalue weighted by Crippen LogP contribution is 2.39. The molecule has 1 aromatic rings. The number of anilines is 1. The van der Waals surface area contributed by atoms with Crippen LogP contribution < -0.4 is 5.32 Å². The fourth-order valence-corrected chi connectivity index (χ4v) is 2.21. The van der Waals surface area contributed by atoms with Crippen LogP contribution in [0.1, 0.15) is 13.3 Å². The lowest BCUT2D eigenvalue weighted by molar-refractivity contribution is -0.117. The molecular formula is C11H11Br2NO. The lowest BCUT2D eigenvalue weighted by Crippen LogP contribution is -2.14. The first-order valence-electron chi connectivity index (χ1n) is 4.84. The number of benzene rings is 1. The summed E-state index contributed by atoms with van der Waals surface area (Å²) in [6.45, 7) is 2.10. The molecule has 4 heteroatoms. The van der Waals surface area contributed by atoms with Crippen molar-refractivity contribution in [3.8, 4) is 0 Å². The van der Waals surface area contributed by atoms with Gasteiger partial charge in [-0.15, -0.1) is 0 Å². The van der Waals surface area contributed by atoms with E-state index in [4.69, 9.17) is 0 Å². The maximum Gasteiger partial charge on any atom is 0.227 e. The Morgan fingerprint density at radius 1 is 1.47 bits per heavy atom. The SMILES string of the molecule is CC1CC1C(=O)Nc1cc(Br)ccc1Br. The maximum absolute atomic E-state index is 11.7. The lowest BCUT2D eigenvalue weighted by Gasteiger charge is -2.07. The van der Waals surface area contributed by atoms with Crippen molar-refractivity contribution in [2.45, 2.75) is 13.3 Å². The van der Waals surface area contributed by atoms with Gasteiger partial charge < -0.3 is 5.32 Å². The van der Waals surface area contributed by atoms with Gasteiger partial charge in [-0.2, -0.15) is 0 Å². The van der Waals surface area contributed by atoms with Gasteiger partial charge in [0.25, 0.3) is 0 Å². The smallest absolute Gasteiger partial charge is 0.227 e. The molecule has 1 fully saturated rings. The van der Waals surface area contributed by atoms with Crippen molar-refractivity contribution >= 4 is 43.5 Å². The fraction of sp³-hybridized carbons (Fsp3) is 0.364. The van der Waals surface area contributed by atoms with Crippen LogP contribution in [0, 0.1) is 11.8 Å². The third kappa shape index (κ3) is 2.61. The van der Waals surface area contributed by atoms with E-state index in [0.29, 0.717) is 5.92 Å². The minimum atomic E-state index is 0.126. The largest absolute Gasteiger partial charge is 0.325 e. The van der Waals surface area contributed by atoms with Crippen molar-refractivity contribution in [2.24, 2.45) is 11.8 Å². The molecule has 1 aliphatic rings. The summed E-state index contributed by atoms with van der Waals surface area (Å²) in [6, 6.07) is 5.74. The topological polar surface area (TPSA) is 29.1 Å². The Bertz CT molecular complexity index is 406. The number of rotatable bonds is 2. The summed E-state index contributed by atoms with van der Waals surface area (Å²) >= 11 is 6.79. The van der Waals surface area contributed by atoms with E-state index in [1.807, 2.05) is 18.2 Å². The number of hydrogen-bond donors (Lipinski definition) is 1. The Balaban J connectivity index is 2.10. The van der Waals surface area contributed by atoms with Gasteiger partial charge in [0.2, 0.25) is 5.91 Å². The van der Waals surface area contributed by atoms with E-state index in [1.165, 1.54) is 0 Å². The van der Waals surface area contributed by atoms with Crippen LogP contribution in [0.3, 0.4) is 0 Å². The van der Waals surface area contributed by atoms with Crippen LogP contribution in [0.4, 0.5) is 5.69 Å². The average Bonchev–Trinajstić information content (AvgIpc) is 2.89. The lowest BCUT2D eigenvalue weighted by atomic mass is 10.3. The number of carbonyl (C=O) groups excluding carboxylic acids is 1. The van der Waals surface area contributed by atoms with E-state index in [9.17, 15) is 4.79 Å². The van der Waals surface area contributed by atoms with Gasteiger partial charge in [-0.25, -0.2) is 0 Å².